The van der Waals surface area contributed by atoms with Crippen LogP contribution in [0.25, 0.3) is 0 Å². The van der Waals surface area contributed by atoms with Crippen molar-refractivity contribution in [2.45, 2.75) is 35.3 Å². The van der Waals surface area contributed by atoms with E-state index in [1.165, 1.54) is 0 Å². The summed E-state index contributed by atoms with van der Waals surface area (Å²) in [6, 6.07) is -0.383. The van der Waals surface area contributed by atoms with Crippen LogP contribution < -0.4 is 16.7 Å². The quantitative estimate of drug-likeness (QED) is 0.443. The van der Waals surface area contributed by atoms with Crippen molar-refractivity contribution < 1.29 is 48.3 Å². The summed E-state index contributed by atoms with van der Waals surface area (Å²) >= 11 is 0. The summed E-state index contributed by atoms with van der Waals surface area (Å²) in [7, 11) is 10.1. The Balaban J connectivity index is 2.98. The first-order valence-corrected chi connectivity index (χ1v) is 6.35. The lowest BCUT2D eigenvalue weighted by molar-refractivity contribution is -0.489. The molecular weight excluding hydrogens is 389 g/mol. The Morgan fingerprint density at radius 1 is 0.577 bits per heavy atom. The smallest absolute Gasteiger partial charge is 0.384 e. The van der Waals surface area contributed by atoms with Crippen LogP contribution in [0.5, 0.6) is 0 Å². The first kappa shape index (κ1) is 20.7. The first-order valence-electron chi connectivity index (χ1n) is 6.35. The molecule has 1 aromatic carbocycles. The molecule has 0 spiro atoms. The van der Waals surface area contributed by atoms with Crippen LogP contribution in [-0.2, 0) is 5.67 Å². The van der Waals surface area contributed by atoms with E-state index >= 15 is 0 Å². The van der Waals surface area contributed by atoms with E-state index in [0.717, 1.165) is 0 Å². The molecule has 2 N–H and O–H groups in total. The molecule has 140 valence electrons. The topological polar surface area (TPSA) is 26.0 Å². The fourth-order valence-corrected chi connectivity index (χ4v) is 2.48. The van der Waals surface area contributed by atoms with Crippen molar-refractivity contribution in [1.82, 2.24) is 0 Å². The third-order valence-corrected chi connectivity index (χ3v) is 4.08. The average molecular weight is 393 g/mol. The van der Waals surface area contributed by atoms with Gasteiger partial charge in [0, 0.05) is 11.3 Å². The number of nitrogen functional groups attached to an aromatic ring is 1. The summed E-state index contributed by atoms with van der Waals surface area (Å²) in [5, 5.41) is 0. The molecule has 0 unspecified atom stereocenters. The van der Waals surface area contributed by atoms with Crippen LogP contribution in [0.15, 0.2) is 12.1 Å². The predicted octanol–water partition coefficient (Wildman–Crippen LogP) is 2.21. The minimum atomic E-state index is -7.28. The lowest BCUT2D eigenvalue weighted by Gasteiger charge is -2.52. The predicted molar refractivity (Wildman–Crippen MR) is 69.2 cm³/mol. The lowest BCUT2D eigenvalue weighted by Crippen LogP contribution is -2.82. The summed E-state index contributed by atoms with van der Waals surface area (Å²) in [4.78, 5) is 0. The highest BCUT2D eigenvalue weighted by Crippen LogP contribution is 2.72. The van der Waals surface area contributed by atoms with Crippen LogP contribution >= 0.6 is 0 Å². The van der Waals surface area contributed by atoms with E-state index in [1.54, 1.807) is 0 Å². The highest BCUT2D eigenvalue weighted by molar-refractivity contribution is 6.43. The average Bonchev–Trinajstić information content (AvgIpc) is 2.49. The number of hydrogen-bond donors (Lipinski definition) is 1. The van der Waals surface area contributed by atoms with Crippen LogP contribution in [0.3, 0.4) is 0 Å². The number of anilines is 1. The molecule has 1 aromatic rings. The van der Waals surface area contributed by atoms with E-state index in [-0.39, 0.29) is 12.1 Å². The van der Waals surface area contributed by atoms with Crippen molar-refractivity contribution in [2.24, 2.45) is 0 Å². The molecule has 1 fully saturated rings. The number of halogens is 11. The largest absolute Gasteiger partial charge is 0.400 e. The van der Waals surface area contributed by atoms with Crippen molar-refractivity contribution in [1.29, 1.82) is 0 Å². The Morgan fingerprint density at radius 2 is 0.846 bits per heavy atom. The third kappa shape index (κ3) is 1.85. The molecule has 1 aliphatic carbocycles. The molecule has 0 atom stereocenters. The van der Waals surface area contributed by atoms with E-state index in [0.29, 0.717) is 0 Å². The molecule has 1 saturated carbocycles. The Hall–Kier alpha value is -1.62. The number of hydrogen-bond acceptors (Lipinski definition) is 1. The highest BCUT2D eigenvalue weighted by atomic mass is 19.4. The fourth-order valence-electron chi connectivity index (χ4n) is 2.48. The molecule has 0 heterocycles. The molecule has 0 aromatic heterocycles. The normalized spacial score (nSPS) is 27.0. The molecule has 2 rings (SSSR count). The molecule has 1 nitrogen and oxygen atoms in total. The summed E-state index contributed by atoms with van der Waals surface area (Å²) < 4.78 is 150. The number of nitrogens with two attached hydrogens (primary N) is 1. The zero-order chi connectivity index (χ0) is 20.7. The lowest BCUT2D eigenvalue weighted by atomic mass is 9.67. The third-order valence-electron chi connectivity index (χ3n) is 4.08. The second kappa shape index (κ2) is 5.00. The van der Waals surface area contributed by atoms with Gasteiger partial charge in [0.15, 0.2) is 0 Å². The van der Waals surface area contributed by atoms with Crippen molar-refractivity contribution in [2.75, 3.05) is 5.73 Å². The van der Waals surface area contributed by atoms with Crippen LogP contribution in [0.4, 0.5) is 54.0 Å². The first-order chi connectivity index (χ1) is 11.3. The molecule has 0 saturated heterocycles. The zero-order valence-corrected chi connectivity index (χ0v) is 12.0. The van der Waals surface area contributed by atoms with Gasteiger partial charge in [-0.25, -0.2) is 4.39 Å². The van der Waals surface area contributed by atoms with Crippen LogP contribution in [0.1, 0.15) is 5.56 Å². The molecule has 26 heavy (non-hydrogen) atoms. The van der Waals surface area contributed by atoms with Gasteiger partial charge in [0.05, 0.1) is 0 Å². The van der Waals surface area contributed by atoms with Gasteiger partial charge >= 0.3 is 29.6 Å². The Morgan fingerprint density at radius 3 is 1.15 bits per heavy atom. The van der Waals surface area contributed by atoms with Gasteiger partial charge in [0.2, 0.25) is 0 Å². The van der Waals surface area contributed by atoms with E-state index < -0.39 is 57.5 Å². The minimum absolute atomic E-state index is 0.191. The van der Waals surface area contributed by atoms with Crippen molar-refractivity contribution in [3.05, 3.63) is 17.7 Å². The van der Waals surface area contributed by atoms with E-state index in [2.05, 4.69) is 0 Å². The molecule has 0 amide bonds. The van der Waals surface area contributed by atoms with Gasteiger partial charge in [-0.2, -0.15) is 43.9 Å². The molecule has 1 aliphatic rings. The molecular formula is C12H4B2F11N. The number of benzene rings is 1. The highest BCUT2D eigenvalue weighted by Gasteiger charge is 3.01. The maximum atomic E-state index is 14.7. The summed E-state index contributed by atoms with van der Waals surface area (Å²) in [5.74, 6) is -35.7. The SMILES string of the molecule is [B]c1cc(C2(F)C(F)(F)C(F)(F)C(F)(F)C(F)(F)C2(F)F)cc([B])c1N. The maximum Gasteiger partial charge on any atom is 0.384 e. The second-order valence-electron chi connectivity index (χ2n) is 5.60. The Labute approximate surface area is 140 Å². The molecule has 4 radical (unpaired) electrons. The number of alkyl halides is 11. The minimum Gasteiger partial charge on any atom is -0.400 e. The van der Waals surface area contributed by atoms with Gasteiger partial charge in [-0.15, -0.1) is 0 Å². The molecule has 0 bridgehead atoms. The van der Waals surface area contributed by atoms with Crippen LogP contribution in [0, 0.1) is 0 Å². The van der Waals surface area contributed by atoms with E-state index in [4.69, 9.17) is 21.4 Å². The van der Waals surface area contributed by atoms with E-state index in [9.17, 15) is 48.3 Å². The van der Waals surface area contributed by atoms with Crippen LogP contribution in [0.2, 0.25) is 0 Å². The zero-order valence-electron chi connectivity index (χ0n) is 12.0. The second-order valence-corrected chi connectivity index (χ2v) is 5.60. The van der Waals surface area contributed by atoms with Crippen LogP contribution in [-0.4, -0.2) is 45.3 Å². The van der Waals surface area contributed by atoms with Gasteiger partial charge < -0.3 is 5.73 Å². The maximum absolute atomic E-state index is 14.7. The van der Waals surface area contributed by atoms with Gasteiger partial charge in [0.1, 0.15) is 15.7 Å². The Kier molecular flexibility index (Phi) is 3.98. The molecule has 0 aliphatic heterocycles. The fraction of sp³-hybridized carbons (Fsp3) is 0.500. The summed E-state index contributed by atoms with van der Waals surface area (Å²) in [6.07, 6.45) is 0. The standard InChI is InChI=1S/C12H4B2F11N/c13-4-1-3(2-5(14)6(4)26)7(15)8(16,17)10(20,21)12(24,25)11(22,23)9(7,18)19/h1-2H,26H2. The Bertz CT molecular complexity index is 709. The van der Waals surface area contributed by atoms with Gasteiger partial charge in [-0.05, 0) is 0 Å². The van der Waals surface area contributed by atoms with Crippen molar-refractivity contribution in [3.8, 4) is 0 Å². The summed E-state index contributed by atoms with van der Waals surface area (Å²) in [5.41, 5.74) is -6.13. The van der Waals surface area contributed by atoms with Gasteiger partial charge in [-0.3, -0.25) is 0 Å². The summed E-state index contributed by atoms with van der Waals surface area (Å²) in [6.45, 7) is 0. The van der Waals surface area contributed by atoms with Crippen molar-refractivity contribution >= 4 is 32.3 Å². The number of rotatable bonds is 1. The van der Waals surface area contributed by atoms with Gasteiger partial charge in [0.25, 0.3) is 5.67 Å². The van der Waals surface area contributed by atoms with Crippen molar-refractivity contribution in [3.63, 3.8) is 0 Å². The van der Waals surface area contributed by atoms with Gasteiger partial charge in [-0.1, -0.05) is 23.1 Å². The molecule has 14 heteroatoms. The van der Waals surface area contributed by atoms with E-state index in [1.807, 2.05) is 0 Å². The monoisotopic (exact) mass is 393 g/mol.